The first-order chi connectivity index (χ1) is 11.0. The van der Waals surface area contributed by atoms with Crippen molar-refractivity contribution in [2.45, 2.75) is 24.5 Å². The van der Waals surface area contributed by atoms with Crippen LogP contribution in [0.5, 0.6) is 0 Å². The minimum atomic E-state index is -0.760. The van der Waals surface area contributed by atoms with Gasteiger partial charge in [-0.15, -0.1) is 0 Å². The van der Waals surface area contributed by atoms with Crippen LogP contribution < -0.4 is 10.6 Å². The summed E-state index contributed by atoms with van der Waals surface area (Å²) in [6.07, 6.45) is 1.31. The SMILES string of the molecule is COC1(C(=O)NCC(c2cccc(F)c2)N(C)C)CCNCC1. The minimum Gasteiger partial charge on any atom is -0.368 e. The van der Waals surface area contributed by atoms with Crippen molar-refractivity contribution in [1.29, 1.82) is 0 Å². The molecule has 1 aromatic rings. The van der Waals surface area contributed by atoms with Crippen LogP contribution in [0.15, 0.2) is 24.3 Å². The van der Waals surface area contributed by atoms with Crippen molar-refractivity contribution in [3.63, 3.8) is 0 Å². The average molecular weight is 323 g/mol. The Morgan fingerprint density at radius 2 is 2.13 bits per heavy atom. The average Bonchev–Trinajstić information content (AvgIpc) is 2.55. The van der Waals surface area contributed by atoms with Gasteiger partial charge in [0.25, 0.3) is 5.91 Å². The molecule has 0 aromatic heterocycles. The number of rotatable bonds is 6. The fourth-order valence-electron chi connectivity index (χ4n) is 3.02. The molecule has 1 heterocycles. The normalized spacial score (nSPS) is 18.7. The number of likely N-dealkylation sites (N-methyl/N-ethyl adjacent to an activating group) is 1. The molecule has 0 spiro atoms. The molecule has 1 saturated heterocycles. The number of piperidine rings is 1. The summed E-state index contributed by atoms with van der Waals surface area (Å²) < 4.78 is 19.0. The Morgan fingerprint density at radius 3 is 2.70 bits per heavy atom. The van der Waals surface area contributed by atoms with Gasteiger partial charge in [-0.05, 0) is 57.7 Å². The number of ether oxygens (including phenoxy) is 1. The van der Waals surface area contributed by atoms with Crippen molar-refractivity contribution in [3.05, 3.63) is 35.6 Å². The van der Waals surface area contributed by atoms with Gasteiger partial charge in [-0.1, -0.05) is 12.1 Å². The molecule has 1 amide bonds. The number of hydrogen-bond acceptors (Lipinski definition) is 4. The maximum absolute atomic E-state index is 13.5. The van der Waals surface area contributed by atoms with Crippen LogP contribution in [-0.4, -0.2) is 57.2 Å². The number of nitrogens with zero attached hydrogens (tertiary/aromatic N) is 1. The molecule has 6 heteroatoms. The molecule has 2 rings (SSSR count). The van der Waals surface area contributed by atoms with Crippen LogP contribution in [0.25, 0.3) is 0 Å². The van der Waals surface area contributed by atoms with Gasteiger partial charge in [-0.2, -0.15) is 0 Å². The highest BCUT2D eigenvalue weighted by Gasteiger charge is 2.39. The molecule has 1 unspecified atom stereocenters. The van der Waals surface area contributed by atoms with E-state index in [-0.39, 0.29) is 17.8 Å². The van der Waals surface area contributed by atoms with Crippen molar-refractivity contribution in [2.24, 2.45) is 0 Å². The van der Waals surface area contributed by atoms with E-state index in [1.165, 1.54) is 12.1 Å². The molecule has 1 fully saturated rings. The molecule has 0 aliphatic carbocycles. The highest BCUT2D eigenvalue weighted by Crippen LogP contribution is 2.24. The number of halogens is 1. The Balaban J connectivity index is 2.05. The topological polar surface area (TPSA) is 53.6 Å². The second-order valence-electron chi connectivity index (χ2n) is 6.19. The number of benzene rings is 1. The van der Waals surface area contributed by atoms with Gasteiger partial charge in [0.1, 0.15) is 11.4 Å². The lowest BCUT2D eigenvalue weighted by atomic mass is 9.91. The van der Waals surface area contributed by atoms with Crippen LogP contribution in [0.2, 0.25) is 0 Å². The summed E-state index contributed by atoms with van der Waals surface area (Å²) in [5.41, 5.74) is 0.0800. The van der Waals surface area contributed by atoms with Crippen LogP contribution in [0, 0.1) is 5.82 Å². The van der Waals surface area contributed by atoms with E-state index in [1.54, 1.807) is 13.2 Å². The van der Waals surface area contributed by atoms with Crippen molar-refractivity contribution >= 4 is 5.91 Å². The van der Waals surface area contributed by atoms with E-state index in [9.17, 15) is 9.18 Å². The highest BCUT2D eigenvalue weighted by molar-refractivity contribution is 5.85. The zero-order valence-electron chi connectivity index (χ0n) is 14.1. The van der Waals surface area contributed by atoms with Gasteiger partial charge in [-0.25, -0.2) is 4.39 Å². The maximum atomic E-state index is 13.5. The highest BCUT2D eigenvalue weighted by atomic mass is 19.1. The molecule has 128 valence electrons. The Bertz CT molecular complexity index is 530. The van der Waals surface area contributed by atoms with Gasteiger partial charge in [0.05, 0.1) is 6.04 Å². The van der Waals surface area contributed by atoms with Gasteiger partial charge in [0.2, 0.25) is 0 Å². The first-order valence-corrected chi connectivity index (χ1v) is 7.94. The monoisotopic (exact) mass is 323 g/mol. The lowest BCUT2D eigenvalue weighted by Gasteiger charge is -2.35. The number of amides is 1. The zero-order valence-corrected chi connectivity index (χ0v) is 14.1. The molecule has 1 aliphatic heterocycles. The molecule has 1 atom stereocenters. The number of methoxy groups -OCH3 is 1. The van der Waals surface area contributed by atoms with Crippen molar-refractivity contribution in [1.82, 2.24) is 15.5 Å². The molecule has 23 heavy (non-hydrogen) atoms. The maximum Gasteiger partial charge on any atom is 0.252 e. The third kappa shape index (κ3) is 4.28. The van der Waals surface area contributed by atoms with Crippen LogP contribution in [0.1, 0.15) is 24.4 Å². The van der Waals surface area contributed by atoms with Crippen molar-refractivity contribution in [3.8, 4) is 0 Å². The first-order valence-electron chi connectivity index (χ1n) is 7.94. The van der Waals surface area contributed by atoms with Gasteiger partial charge in [0, 0.05) is 13.7 Å². The van der Waals surface area contributed by atoms with E-state index in [2.05, 4.69) is 10.6 Å². The lowest BCUT2D eigenvalue weighted by Crippen LogP contribution is -2.55. The van der Waals surface area contributed by atoms with Gasteiger partial charge >= 0.3 is 0 Å². The summed E-state index contributed by atoms with van der Waals surface area (Å²) in [5, 5.41) is 6.22. The predicted octanol–water partition coefficient (Wildman–Crippen LogP) is 1.31. The van der Waals surface area contributed by atoms with Crippen LogP contribution in [0.4, 0.5) is 4.39 Å². The minimum absolute atomic E-state index is 0.0923. The van der Waals surface area contributed by atoms with Crippen molar-refractivity contribution in [2.75, 3.05) is 40.8 Å². The van der Waals surface area contributed by atoms with E-state index in [0.29, 0.717) is 19.4 Å². The number of carbonyl (C=O) groups excluding carboxylic acids is 1. The van der Waals surface area contributed by atoms with E-state index in [1.807, 2.05) is 25.1 Å². The van der Waals surface area contributed by atoms with Crippen LogP contribution in [-0.2, 0) is 9.53 Å². The molecule has 0 radical (unpaired) electrons. The van der Waals surface area contributed by atoms with Gasteiger partial charge in [-0.3, -0.25) is 4.79 Å². The van der Waals surface area contributed by atoms with Gasteiger partial charge < -0.3 is 20.3 Å². The summed E-state index contributed by atoms with van der Waals surface area (Å²) in [4.78, 5) is 14.6. The summed E-state index contributed by atoms with van der Waals surface area (Å²) in [5.74, 6) is -0.364. The Labute approximate surface area is 137 Å². The smallest absolute Gasteiger partial charge is 0.252 e. The van der Waals surface area contributed by atoms with Gasteiger partial charge in [0.15, 0.2) is 0 Å². The predicted molar refractivity (Wildman–Crippen MR) is 87.7 cm³/mol. The molecule has 0 bridgehead atoms. The fourth-order valence-corrected chi connectivity index (χ4v) is 3.02. The summed E-state index contributed by atoms with van der Waals surface area (Å²) in [6, 6.07) is 6.39. The molecular formula is C17H26FN3O2. The molecule has 5 nitrogen and oxygen atoms in total. The Morgan fingerprint density at radius 1 is 1.43 bits per heavy atom. The summed E-state index contributed by atoms with van der Waals surface area (Å²) >= 11 is 0. The number of hydrogen-bond donors (Lipinski definition) is 2. The van der Waals surface area contributed by atoms with E-state index in [0.717, 1.165) is 18.7 Å². The molecule has 1 aromatic carbocycles. The van der Waals surface area contributed by atoms with Crippen molar-refractivity contribution < 1.29 is 13.9 Å². The Hall–Kier alpha value is -1.50. The largest absolute Gasteiger partial charge is 0.368 e. The summed E-state index contributed by atoms with van der Waals surface area (Å²) in [7, 11) is 5.41. The molecule has 2 N–H and O–H groups in total. The zero-order chi connectivity index (χ0) is 16.9. The van der Waals surface area contributed by atoms with Crippen LogP contribution >= 0.6 is 0 Å². The third-order valence-electron chi connectivity index (χ3n) is 4.53. The van der Waals surface area contributed by atoms with Crippen LogP contribution in [0.3, 0.4) is 0 Å². The lowest BCUT2D eigenvalue weighted by molar-refractivity contribution is -0.146. The van der Waals surface area contributed by atoms with E-state index < -0.39 is 5.60 Å². The Kier molecular flexibility index (Phi) is 6.10. The summed E-state index contributed by atoms with van der Waals surface area (Å²) in [6.45, 7) is 1.94. The third-order valence-corrected chi connectivity index (χ3v) is 4.53. The quantitative estimate of drug-likeness (QED) is 0.829. The fraction of sp³-hybridized carbons (Fsp3) is 0.588. The standard InChI is InChI=1S/C17H26FN3O2/c1-21(2)15(13-5-4-6-14(18)11-13)12-20-16(22)17(23-3)7-9-19-10-8-17/h4-6,11,15,19H,7-10,12H2,1-3H3,(H,20,22). The van der Waals surface area contributed by atoms with E-state index in [4.69, 9.17) is 4.74 Å². The molecule has 1 aliphatic rings. The first kappa shape index (κ1) is 17.8. The molecular weight excluding hydrogens is 297 g/mol. The number of nitrogens with one attached hydrogen (secondary N) is 2. The number of carbonyl (C=O) groups is 1. The second kappa shape index (κ2) is 7.86. The second-order valence-corrected chi connectivity index (χ2v) is 6.19. The van der Waals surface area contributed by atoms with E-state index >= 15 is 0 Å². The molecule has 0 saturated carbocycles.